The van der Waals surface area contributed by atoms with Gasteiger partial charge < -0.3 is 5.32 Å². The predicted octanol–water partition coefficient (Wildman–Crippen LogP) is 4.46. The second kappa shape index (κ2) is 7.69. The first-order chi connectivity index (χ1) is 12.4. The Morgan fingerprint density at radius 1 is 1.08 bits per heavy atom. The largest absolute Gasteiger partial charge is 0.321 e. The van der Waals surface area contributed by atoms with E-state index in [1.54, 1.807) is 36.0 Å². The van der Waals surface area contributed by atoms with Crippen molar-refractivity contribution in [1.29, 1.82) is 0 Å². The zero-order valence-corrected chi connectivity index (χ0v) is 16.9. The summed E-state index contributed by atoms with van der Waals surface area (Å²) >= 11 is 4.83. The molecule has 1 aromatic heterocycles. The molecule has 0 aliphatic rings. The van der Waals surface area contributed by atoms with Crippen LogP contribution in [-0.4, -0.2) is 24.6 Å². The van der Waals surface area contributed by atoms with E-state index < -0.39 is 15.9 Å². The van der Waals surface area contributed by atoms with E-state index in [2.05, 4.69) is 21.2 Å². The molecule has 0 aliphatic heterocycles. The van der Waals surface area contributed by atoms with Crippen LogP contribution in [0.1, 0.15) is 10.5 Å². The van der Waals surface area contributed by atoms with Crippen molar-refractivity contribution in [3.8, 4) is 0 Å². The van der Waals surface area contributed by atoms with Crippen LogP contribution in [0.2, 0.25) is 0 Å². The standard InChI is InChI=1S/C18H15BrN2O3S2/c1-25-14-7-5-6-13(12-14)20-18(22)17-16(19)10-11-21(17)26(23,24)15-8-3-2-4-9-15/h2-12H,1H3,(H,20,22). The molecule has 0 saturated heterocycles. The van der Waals surface area contributed by atoms with Crippen LogP contribution in [-0.2, 0) is 10.0 Å². The molecule has 3 aromatic rings. The predicted molar refractivity (Wildman–Crippen MR) is 107 cm³/mol. The average Bonchev–Trinajstić information content (AvgIpc) is 3.05. The summed E-state index contributed by atoms with van der Waals surface area (Å²) in [4.78, 5) is 13.9. The van der Waals surface area contributed by atoms with Crippen molar-refractivity contribution >= 4 is 49.3 Å². The minimum absolute atomic E-state index is 0.0170. The number of benzene rings is 2. The van der Waals surface area contributed by atoms with Crippen molar-refractivity contribution in [2.24, 2.45) is 0 Å². The van der Waals surface area contributed by atoms with Gasteiger partial charge >= 0.3 is 0 Å². The SMILES string of the molecule is CSc1cccc(NC(=O)c2c(Br)ccn2S(=O)(=O)c2ccccc2)c1. The lowest BCUT2D eigenvalue weighted by Crippen LogP contribution is -2.22. The molecular weight excluding hydrogens is 436 g/mol. The highest BCUT2D eigenvalue weighted by Gasteiger charge is 2.25. The maximum atomic E-state index is 12.9. The van der Waals surface area contributed by atoms with Crippen LogP contribution in [0.15, 0.2) is 81.1 Å². The highest BCUT2D eigenvalue weighted by molar-refractivity contribution is 9.10. The fraction of sp³-hybridized carbons (Fsp3) is 0.0556. The van der Waals surface area contributed by atoms with E-state index in [0.29, 0.717) is 10.2 Å². The van der Waals surface area contributed by atoms with Gasteiger partial charge in [0.2, 0.25) is 0 Å². The van der Waals surface area contributed by atoms with Crippen LogP contribution >= 0.6 is 27.7 Å². The summed E-state index contributed by atoms with van der Waals surface area (Å²) in [6.07, 6.45) is 3.30. The van der Waals surface area contributed by atoms with Crippen molar-refractivity contribution < 1.29 is 13.2 Å². The van der Waals surface area contributed by atoms with Gasteiger partial charge in [-0.2, -0.15) is 0 Å². The minimum Gasteiger partial charge on any atom is -0.321 e. The van der Waals surface area contributed by atoms with Gasteiger partial charge in [0, 0.05) is 21.3 Å². The van der Waals surface area contributed by atoms with Gasteiger partial charge in [-0.15, -0.1) is 11.8 Å². The molecule has 0 spiro atoms. The summed E-state index contributed by atoms with van der Waals surface area (Å²) in [6.45, 7) is 0. The first kappa shape index (κ1) is 18.8. The van der Waals surface area contributed by atoms with Crippen LogP contribution in [0, 0.1) is 0 Å². The van der Waals surface area contributed by atoms with E-state index in [9.17, 15) is 13.2 Å². The third-order valence-electron chi connectivity index (χ3n) is 3.65. The second-order valence-corrected chi connectivity index (χ2v) is 8.86. The van der Waals surface area contributed by atoms with Crippen molar-refractivity contribution in [2.75, 3.05) is 11.6 Å². The molecule has 0 radical (unpaired) electrons. The molecule has 134 valence electrons. The Balaban J connectivity index is 1.99. The first-order valence-electron chi connectivity index (χ1n) is 7.56. The van der Waals surface area contributed by atoms with Crippen molar-refractivity contribution in [1.82, 2.24) is 3.97 Å². The number of halogens is 1. The molecule has 0 fully saturated rings. The molecule has 1 heterocycles. The van der Waals surface area contributed by atoms with Crippen LogP contribution in [0.25, 0.3) is 0 Å². The summed E-state index contributed by atoms with van der Waals surface area (Å²) in [5.41, 5.74) is 0.613. The second-order valence-electron chi connectivity index (χ2n) is 5.31. The lowest BCUT2D eigenvalue weighted by atomic mass is 10.3. The molecule has 1 amide bonds. The van der Waals surface area contributed by atoms with Gasteiger partial charge in [-0.05, 0) is 58.6 Å². The number of hydrogen-bond donors (Lipinski definition) is 1. The highest BCUT2D eigenvalue weighted by Crippen LogP contribution is 2.25. The molecule has 5 nitrogen and oxygen atoms in total. The number of thioether (sulfide) groups is 1. The van der Waals surface area contributed by atoms with E-state index in [1.165, 1.54) is 24.4 Å². The van der Waals surface area contributed by atoms with Crippen LogP contribution in [0.5, 0.6) is 0 Å². The Labute approximate surface area is 164 Å². The normalized spacial score (nSPS) is 11.3. The van der Waals surface area contributed by atoms with Crippen molar-refractivity contribution in [3.63, 3.8) is 0 Å². The van der Waals surface area contributed by atoms with E-state index in [1.807, 2.05) is 24.5 Å². The number of carbonyl (C=O) groups excluding carboxylic acids is 1. The van der Waals surface area contributed by atoms with Crippen LogP contribution in [0.4, 0.5) is 5.69 Å². The smallest absolute Gasteiger partial charge is 0.274 e. The molecule has 1 N–H and O–H groups in total. The fourth-order valence-electron chi connectivity index (χ4n) is 2.40. The molecule has 0 unspecified atom stereocenters. The number of nitrogens with one attached hydrogen (secondary N) is 1. The maximum Gasteiger partial charge on any atom is 0.274 e. The van der Waals surface area contributed by atoms with E-state index in [-0.39, 0.29) is 10.6 Å². The molecule has 0 bridgehead atoms. The minimum atomic E-state index is -3.88. The molecular formula is C18H15BrN2O3S2. The van der Waals surface area contributed by atoms with Gasteiger partial charge in [0.1, 0.15) is 5.69 Å². The first-order valence-corrected chi connectivity index (χ1v) is 11.0. The molecule has 0 aliphatic carbocycles. The van der Waals surface area contributed by atoms with Gasteiger partial charge in [-0.1, -0.05) is 24.3 Å². The third-order valence-corrected chi connectivity index (χ3v) is 6.70. The molecule has 3 rings (SSSR count). The summed E-state index contributed by atoms with van der Waals surface area (Å²) in [5.74, 6) is -0.514. The molecule has 26 heavy (non-hydrogen) atoms. The van der Waals surface area contributed by atoms with Crippen molar-refractivity contribution in [2.45, 2.75) is 9.79 Å². The molecule has 0 saturated carbocycles. The number of hydrogen-bond acceptors (Lipinski definition) is 4. The average molecular weight is 451 g/mol. The van der Waals surface area contributed by atoms with Gasteiger partial charge in [0.15, 0.2) is 0 Å². The van der Waals surface area contributed by atoms with Crippen LogP contribution < -0.4 is 5.32 Å². The lowest BCUT2D eigenvalue weighted by Gasteiger charge is -2.12. The van der Waals surface area contributed by atoms with Gasteiger partial charge in [0.25, 0.3) is 15.9 Å². The number of nitrogens with zero attached hydrogens (tertiary/aromatic N) is 1. The Bertz CT molecular complexity index is 1050. The third kappa shape index (κ3) is 3.72. The van der Waals surface area contributed by atoms with E-state index >= 15 is 0 Å². The summed E-state index contributed by atoms with van der Waals surface area (Å²) in [6, 6.07) is 16.9. The monoisotopic (exact) mass is 450 g/mol. The summed E-state index contributed by atoms with van der Waals surface area (Å²) in [5, 5.41) is 2.76. The number of aromatic nitrogens is 1. The van der Waals surface area contributed by atoms with Gasteiger partial charge in [-0.3, -0.25) is 4.79 Å². The van der Waals surface area contributed by atoms with Crippen molar-refractivity contribution in [3.05, 3.63) is 77.0 Å². The zero-order valence-electron chi connectivity index (χ0n) is 13.7. The molecule has 2 aromatic carbocycles. The maximum absolute atomic E-state index is 12.9. The van der Waals surface area contributed by atoms with Crippen LogP contribution in [0.3, 0.4) is 0 Å². The van der Waals surface area contributed by atoms with Gasteiger partial charge in [-0.25, -0.2) is 12.4 Å². The number of rotatable bonds is 5. The Morgan fingerprint density at radius 2 is 1.81 bits per heavy atom. The summed E-state index contributed by atoms with van der Waals surface area (Å²) < 4.78 is 27.2. The number of anilines is 1. The number of amides is 1. The molecule has 0 atom stereocenters. The van der Waals surface area contributed by atoms with E-state index in [0.717, 1.165) is 8.87 Å². The quantitative estimate of drug-likeness (QED) is 0.582. The Morgan fingerprint density at radius 3 is 2.50 bits per heavy atom. The number of carbonyl (C=O) groups is 1. The fourth-order valence-corrected chi connectivity index (χ4v) is 4.83. The molecule has 8 heteroatoms. The lowest BCUT2D eigenvalue weighted by molar-refractivity contribution is 0.102. The Hall–Kier alpha value is -2.03. The van der Waals surface area contributed by atoms with E-state index in [4.69, 9.17) is 0 Å². The summed E-state index contributed by atoms with van der Waals surface area (Å²) in [7, 11) is -3.88. The topological polar surface area (TPSA) is 68.2 Å². The Kier molecular flexibility index (Phi) is 5.55. The zero-order chi connectivity index (χ0) is 18.7. The van der Waals surface area contributed by atoms with Gasteiger partial charge in [0.05, 0.1) is 4.90 Å². The highest BCUT2D eigenvalue weighted by atomic mass is 79.9.